The topological polar surface area (TPSA) is 20.2 Å². The van der Waals surface area contributed by atoms with Gasteiger partial charge in [-0.3, -0.25) is 0 Å². The van der Waals surface area contributed by atoms with Crippen molar-refractivity contribution >= 4 is 15.9 Å². The average molecular weight is 353 g/mol. The number of hydrogen-bond donors (Lipinski definition) is 1. The van der Waals surface area contributed by atoms with Crippen LogP contribution in [0, 0.1) is 29.1 Å². The van der Waals surface area contributed by atoms with Crippen molar-refractivity contribution < 1.29 is 27.1 Å². The zero-order valence-electron chi connectivity index (χ0n) is 9.60. The van der Waals surface area contributed by atoms with Gasteiger partial charge in [0.1, 0.15) is 17.7 Å². The second kappa shape index (κ2) is 5.49. The van der Waals surface area contributed by atoms with E-state index in [4.69, 9.17) is 0 Å². The van der Waals surface area contributed by atoms with Gasteiger partial charge in [-0.25, -0.2) is 22.0 Å². The maximum Gasteiger partial charge on any atom is 0.194 e. The van der Waals surface area contributed by atoms with Crippen molar-refractivity contribution in [2.24, 2.45) is 0 Å². The van der Waals surface area contributed by atoms with E-state index >= 15 is 0 Å². The second-order valence-electron chi connectivity index (χ2n) is 3.95. The molecule has 0 radical (unpaired) electrons. The van der Waals surface area contributed by atoms with Crippen LogP contribution in [0.1, 0.15) is 17.2 Å². The normalized spacial score (nSPS) is 12.6. The standard InChI is InChI=1S/C13H6BrF5O/c14-7-4-9(16)6(3-10(7)17)13(20)5-1-2-8(15)12(19)11(5)18/h1-4,13,20H. The van der Waals surface area contributed by atoms with Gasteiger partial charge in [-0.05, 0) is 34.1 Å². The molecule has 0 amide bonds. The summed E-state index contributed by atoms with van der Waals surface area (Å²) in [5.74, 6) is -6.79. The summed E-state index contributed by atoms with van der Waals surface area (Å²) >= 11 is 2.74. The van der Waals surface area contributed by atoms with Crippen LogP contribution in [0.15, 0.2) is 28.7 Å². The highest BCUT2D eigenvalue weighted by Gasteiger charge is 2.23. The largest absolute Gasteiger partial charge is 0.383 e. The molecule has 2 rings (SSSR count). The highest BCUT2D eigenvalue weighted by molar-refractivity contribution is 9.10. The van der Waals surface area contributed by atoms with Crippen LogP contribution in [0.25, 0.3) is 0 Å². The van der Waals surface area contributed by atoms with E-state index in [1.807, 2.05) is 0 Å². The minimum Gasteiger partial charge on any atom is -0.383 e. The Kier molecular flexibility index (Phi) is 4.10. The smallest absolute Gasteiger partial charge is 0.194 e. The summed E-state index contributed by atoms with van der Waals surface area (Å²) in [6, 6.07) is 2.73. The lowest BCUT2D eigenvalue weighted by atomic mass is 10.00. The lowest BCUT2D eigenvalue weighted by Crippen LogP contribution is -2.08. The number of rotatable bonds is 2. The molecular weight excluding hydrogens is 347 g/mol. The molecule has 0 heterocycles. The van der Waals surface area contributed by atoms with Crippen LogP contribution in [0.4, 0.5) is 22.0 Å². The van der Waals surface area contributed by atoms with E-state index in [1.165, 1.54) is 0 Å². The number of hydrogen-bond acceptors (Lipinski definition) is 1. The highest BCUT2D eigenvalue weighted by Crippen LogP contribution is 2.30. The van der Waals surface area contributed by atoms with Crippen LogP contribution in [0.5, 0.6) is 0 Å². The molecule has 20 heavy (non-hydrogen) atoms. The summed E-state index contributed by atoms with van der Waals surface area (Å²) in [5.41, 5.74) is -1.28. The molecule has 1 nitrogen and oxygen atoms in total. The minimum absolute atomic E-state index is 0.184. The molecule has 1 unspecified atom stereocenters. The molecule has 0 bridgehead atoms. The number of aliphatic hydroxyl groups excluding tert-OH is 1. The van der Waals surface area contributed by atoms with Crippen molar-refractivity contribution in [3.8, 4) is 0 Å². The lowest BCUT2D eigenvalue weighted by molar-refractivity contribution is 0.207. The van der Waals surface area contributed by atoms with E-state index in [0.29, 0.717) is 12.1 Å². The van der Waals surface area contributed by atoms with Crippen LogP contribution in [0.2, 0.25) is 0 Å². The Morgan fingerprint density at radius 3 is 2.10 bits per heavy atom. The van der Waals surface area contributed by atoms with E-state index < -0.39 is 46.3 Å². The summed E-state index contributed by atoms with van der Waals surface area (Å²) in [6.07, 6.45) is -1.97. The Balaban J connectivity index is 2.55. The molecule has 1 atom stereocenters. The lowest BCUT2D eigenvalue weighted by Gasteiger charge is -2.14. The van der Waals surface area contributed by atoms with Crippen LogP contribution in [-0.2, 0) is 0 Å². The van der Waals surface area contributed by atoms with Crippen molar-refractivity contribution in [2.75, 3.05) is 0 Å². The van der Waals surface area contributed by atoms with Gasteiger partial charge in [-0.15, -0.1) is 0 Å². The van der Waals surface area contributed by atoms with Crippen molar-refractivity contribution in [1.82, 2.24) is 0 Å². The Labute approximate surface area is 118 Å². The van der Waals surface area contributed by atoms with Gasteiger partial charge in [0.05, 0.1) is 4.47 Å². The molecule has 1 N–H and O–H groups in total. The molecule has 0 spiro atoms. The fourth-order valence-electron chi connectivity index (χ4n) is 1.67. The zero-order valence-corrected chi connectivity index (χ0v) is 11.2. The first-order valence-corrected chi connectivity index (χ1v) is 6.08. The number of aliphatic hydroxyl groups is 1. The van der Waals surface area contributed by atoms with Crippen LogP contribution >= 0.6 is 15.9 Å². The molecular formula is C13H6BrF5O. The van der Waals surface area contributed by atoms with E-state index in [0.717, 1.165) is 12.1 Å². The monoisotopic (exact) mass is 352 g/mol. The van der Waals surface area contributed by atoms with E-state index in [2.05, 4.69) is 15.9 Å². The van der Waals surface area contributed by atoms with Crippen molar-refractivity contribution in [2.45, 2.75) is 6.10 Å². The molecule has 2 aromatic carbocycles. The van der Waals surface area contributed by atoms with Crippen LogP contribution < -0.4 is 0 Å². The van der Waals surface area contributed by atoms with Gasteiger partial charge in [0.15, 0.2) is 17.5 Å². The molecule has 2 aromatic rings. The third-order valence-corrected chi connectivity index (χ3v) is 3.30. The fraction of sp³-hybridized carbons (Fsp3) is 0.0769. The number of benzene rings is 2. The predicted molar refractivity (Wildman–Crippen MR) is 64.4 cm³/mol. The molecule has 0 saturated heterocycles. The van der Waals surface area contributed by atoms with Crippen molar-refractivity contribution in [1.29, 1.82) is 0 Å². The molecule has 0 aliphatic rings. The first-order valence-electron chi connectivity index (χ1n) is 5.28. The molecule has 0 aromatic heterocycles. The van der Waals surface area contributed by atoms with E-state index in [-0.39, 0.29) is 4.47 Å². The van der Waals surface area contributed by atoms with Gasteiger partial charge in [0, 0.05) is 11.1 Å². The second-order valence-corrected chi connectivity index (χ2v) is 4.81. The van der Waals surface area contributed by atoms with Crippen LogP contribution in [-0.4, -0.2) is 5.11 Å². The summed E-state index contributed by atoms with van der Waals surface area (Å²) in [6.45, 7) is 0. The average Bonchev–Trinajstić information content (AvgIpc) is 2.40. The third kappa shape index (κ3) is 2.55. The van der Waals surface area contributed by atoms with Gasteiger partial charge in [0.2, 0.25) is 0 Å². The molecule has 0 aliphatic carbocycles. The summed E-state index contributed by atoms with van der Waals surface area (Å²) < 4.78 is 66.1. The zero-order chi connectivity index (χ0) is 15.0. The minimum atomic E-state index is -1.97. The van der Waals surface area contributed by atoms with Gasteiger partial charge >= 0.3 is 0 Å². The van der Waals surface area contributed by atoms with Gasteiger partial charge in [-0.1, -0.05) is 6.07 Å². The molecule has 0 saturated carbocycles. The quantitative estimate of drug-likeness (QED) is 0.487. The van der Waals surface area contributed by atoms with Gasteiger partial charge in [-0.2, -0.15) is 0 Å². The van der Waals surface area contributed by atoms with Crippen molar-refractivity contribution in [3.05, 3.63) is 69.0 Å². The Bertz CT molecular complexity index is 672. The van der Waals surface area contributed by atoms with Crippen LogP contribution in [0.3, 0.4) is 0 Å². The molecule has 0 aliphatic heterocycles. The maximum absolute atomic E-state index is 13.6. The Hall–Kier alpha value is -1.47. The first kappa shape index (κ1) is 14.9. The molecule has 106 valence electrons. The van der Waals surface area contributed by atoms with Gasteiger partial charge < -0.3 is 5.11 Å². The Morgan fingerprint density at radius 1 is 0.800 bits per heavy atom. The van der Waals surface area contributed by atoms with Gasteiger partial charge in [0.25, 0.3) is 0 Å². The predicted octanol–water partition coefficient (Wildman–Crippen LogP) is 4.23. The molecule has 7 heteroatoms. The maximum atomic E-state index is 13.6. The Morgan fingerprint density at radius 2 is 1.45 bits per heavy atom. The number of halogens is 6. The molecule has 0 fully saturated rings. The third-order valence-electron chi connectivity index (χ3n) is 2.69. The first-order chi connectivity index (χ1) is 9.32. The summed E-state index contributed by atoms with van der Waals surface area (Å²) in [4.78, 5) is 0. The fourth-order valence-corrected chi connectivity index (χ4v) is 1.98. The summed E-state index contributed by atoms with van der Waals surface area (Å²) in [5, 5.41) is 9.83. The summed E-state index contributed by atoms with van der Waals surface area (Å²) in [7, 11) is 0. The van der Waals surface area contributed by atoms with E-state index in [1.54, 1.807) is 0 Å². The van der Waals surface area contributed by atoms with E-state index in [9.17, 15) is 27.1 Å². The highest BCUT2D eigenvalue weighted by atomic mass is 79.9. The SMILES string of the molecule is OC(c1cc(F)c(Br)cc1F)c1ccc(F)c(F)c1F. The van der Waals surface area contributed by atoms with Crippen molar-refractivity contribution in [3.63, 3.8) is 0 Å².